The molecule has 0 unspecified atom stereocenters. The zero-order chi connectivity index (χ0) is 14.8. The highest BCUT2D eigenvalue weighted by atomic mass is 35.5. The van der Waals surface area contributed by atoms with Crippen molar-refractivity contribution in [2.45, 2.75) is 10.8 Å². The number of nitrogens with zero attached hydrogens (tertiary/aromatic N) is 1. The molecule has 3 aromatic rings. The summed E-state index contributed by atoms with van der Waals surface area (Å²) in [7, 11) is 0. The quantitative estimate of drug-likeness (QED) is 0.638. The summed E-state index contributed by atoms with van der Waals surface area (Å²) in [6.45, 7) is 0. The Morgan fingerprint density at radius 3 is 2.33 bits per heavy atom. The van der Waals surface area contributed by atoms with Crippen LogP contribution in [0.1, 0.15) is 5.56 Å². The highest BCUT2D eigenvalue weighted by molar-refractivity contribution is 7.98. The van der Waals surface area contributed by atoms with Crippen molar-refractivity contribution in [2.24, 2.45) is 0 Å². The monoisotopic (exact) mass is 335 g/mol. The van der Waals surface area contributed by atoms with Gasteiger partial charge in [0, 0.05) is 21.5 Å². The van der Waals surface area contributed by atoms with E-state index in [1.54, 1.807) is 11.8 Å². The van der Waals surface area contributed by atoms with Crippen molar-refractivity contribution in [2.75, 3.05) is 0 Å². The molecule has 5 heteroatoms. The van der Waals surface area contributed by atoms with Gasteiger partial charge in [-0.15, -0.1) is 11.8 Å². The summed E-state index contributed by atoms with van der Waals surface area (Å²) in [5.74, 6) is 0.615. The Hall–Kier alpha value is -1.42. The molecule has 0 atom stereocenters. The molecule has 3 rings (SSSR count). The van der Waals surface area contributed by atoms with Crippen molar-refractivity contribution in [3.8, 4) is 5.88 Å². The second-order valence-corrected chi connectivity index (χ2v) is 6.29. The first kappa shape index (κ1) is 14.5. The number of aromatic hydroxyl groups is 1. The van der Waals surface area contributed by atoms with Gasteiger partial charge in [-0.05, 0) is 17.7 Å². The number of benzene rings is 2. The third kappa shape index (κ3) is 3.10. The van der Waals surface area contributed by atoms with Crippen molar-refractivity contribution in [3.63, 3.8) is 0 Å². The number of fused-ring (bicyclic) bond motifs is 1. The van der Waals surface area contributed by atoms with Gasteiger partial charge in [0.1, 0.15) is 10.0 Å². The zero-order valence-electron chi connectivity index (χ0n) is 10.9. The molecule has 1 aromatic heterocycles. The summed E-state index contributed by atoms with van der Waals surface area (Å²) in [6, 6.07) is 15.3. The number of hydrogen-bond acceptors (Lipinski definition) is 3. The SMILES string of the molecule is Oc1nc(SCc2ccc(Cl)cc2)c2ccccc2c1Cl. The van der Waals surface area contributed by atoms with Crippen molar-refractivity contribution in [3.05, 3.63) is 64.1 Å². The molecule has 0 bridgehead atoms. The molecule has 0 fully saturated rings. The van der Waals surface area contributed by atoms with Crippen LogP contribution < -0.4 is 0 Å². The van der Waals surface area contributed by atoms with Crippen molar-refractivity contribution in [1.29, 1.82) is 0 Å². The number of rotatable bonds is 3. The van der Waals surface area contributed by atoms with E-state index in [-0.39, 0.29) is 5.88 Å². The molecule has 106 valence electrons. The van der Waals surface area contributed by atoms with Crippen LogP contribution in [0, 0.1) is 0 Å². The standard InChI is InChI=1S/C16H11Cl2NOS/c17-11-7-5-10(6-8-11)9-21-16-13-4-2-1-3-12(13)14(18)15(20)19-16/h1-8H,9H2,(H,19,20). The highest BCUT2D eigenvalue weighted by Gasteiger charge is 2.11. The second-order valence-electron chi connectivity index (χ2n) is 4.52. The maximum absolute atomic E-state index is 9.86. The normalized spacial score (nSPS) is 11.0. The minimum Gasteiger partial charge on any atom is -0.492 e. The molecule has 0 aliphatic heterocycles. The first-order valence-electron chi connectivity index (χ1n) is 6.29. The Labute approximate surface area is 136 Å². The van der Waals surface area contributed by atoms with Crippen LogP contribution >= 0.6 is 35.0 Å². The van der Waals surface area contributed by atoms with Crippen molar-refractivity contribution < 1.29 is 5.11 Å². The Morgan fingerprint density at radius 1 is 0.952 bits per heavy atom. The van der Waals surface area contributed by atoms with E-state index in [9.17, 15) is 5.11 Å². The van der Waals surface area contributed by atoms with E-state index < -0.39 is 0 Å². The summed E-state index contributed by atoms with van der Waals surface area (Å²) in [5.41, 5.74) is 1.14. The first-order valence-corrected chi connectivity index (χ1v) is 8.04. The fourth-order valence-corrected chi connectivity index (χ4v) is 3.34. The molecular weight excluding hydrogens is 325 g/mol. The molecule has 2 nitrogen and oxygen atoms in total. The van der Waals surface area contributed by atoms with Gasteiger partial charge < -0.3 is 5.11 Å². The topological polar surface area (TPSA) is 33.1 Å². The van der Waals surface area contributed by atoms with E-state index in [1.807, 2.05) is 48.5 Å². The number of halogens is 2. The van der Waals surface area contributed by atoms with Crippen LogP contribution in [0.25, 0.3) is 10.8 Å². The molecule has 0 amide bonds. The Bertz CT molecular complexity index is 790. The fourth-order valence-electron chi connectivity index (χ4n) is 2.03. The van der Waals surface area contributed by atoms with E-state index in [0.717, 1.165) is 32.1 Å². The molecule has 0 spiro atoms. The van der Waals surface area contributed by atoms with E-state index >= 15 is 0 Å². The van der Waals surface area contributed by atoms with Crippen LogP contribution in [0.4, 0.5) is 0 Å². The predicted molar refractivity (Wildman–Crippen MR) is 89.4 cm³/mol. The van der Waals surface area contributed by atoms with Gasteiger partial charge in [-0.2, -0.15) is 0 Å². The maximum Gasteiger partial charge on any atom is 0.231 e. The van der Waals surface area contributed by atoms with Crippen molar-refractivity contribution >= 4 is 45.7 Å². The summed E-state index contributed by atoms with van der Waals surface area (Å²) in [5, 5.41) is 13.4. The summed E-state index contributed by atoms with van der Waals surface area (Å²) in [6.07, 6.45) is 0. The third-order valence-electron chi connectivity index (χ3n) is 3.09. The predicted octanol–water partition coefficient (Wildman–Crippen LogP) is 5.54. The zero-order valence-corrected chi connectivity index (χ0v) is 13.2. The molecule has 0 aliphatic rings. The van der Waals surface area contributed by atoms with E-state index in [1.165, 1.54) is 0 Å². The van der Waals surface area contributed by atoms with Crippen LogP contribution in [0.15, 0.2) is 53.6 Å². The van der Waals surface area contributed by atoms with Crippen LogP contribution in [0.2, 0.25) is 10.0 Å². The minimum atomic E-state index is -0.131. The lowest BCUT2D eigenvalue weighted by molar-refractivity contribution is 0.450. The number of pyridine rings is 1. The third-order valence-corrected chi connectivity index (χ3v) is 4.77. The molecule has 1 heterocycles. The molecule has 0 radical (unpaired) electrons. The molecule has 0 saturated heterocycles. The average Bonchev–Trinajstić information content (AvgIpc) is 2.51. The number of thioether (sulfide) groups is 1. The van der Waals surface area contributed by atoms with Gasteiger partial charge in [-0.1, -0.05) is 59.6 Å². The molecular formula is C16H11Cl2NOS. The molecule has 2 aromatic carbocycles. The van der Waals surface area contributed by atoms with Gasteiger partial charge in [0.05, 0.1) is 0 Å². The Balaban J connectivity index is 1.93. The van der Waals surface area contributed by atoms with Crippen LogP contribution in [0.5, 0.6) is 5.88 Å². The molecule has 21 heavy (non-hydrogen) atoms. The number of hydrogen-bond donors (Lipinski definition) is 1. The Kier molecular flexibility index (Phi) is 4.24. The molecule has 1 N–H and O–H groups in total. The molecule has 0 aliphatic carbocycles. The lowest BCUT2D eigenvalue weighted by Crippen LogP contribution is -1.88. The number of aromatic nitrogens is 1. The minimum absolute atomic E-state index is 0.131. The van der Waals surface area contributed by atoms with Gasteiger partial charge in [0.15, 0.2) is 0 Å². The van der Waals surface area contributed by atoms with Crippen molar-refractivity contribution in [1.82, 2.24) is 4.98 Å². The lowest BCUT2D eigenvalue weighted by atomic mass is 10.2. The Morgan fingerprint density at radius 2 is 1.62 bits per heavy atom. The van der Waals surface area contributed by atoms with Crippen LogP contribution in [-0.4, -0.2) is 10.1 Å². The maximum atomic E-state index is 9.86. The van der Waals surface area contributed by atoms with Gasteiger partial charge >= 0.3 is 0 Å². The largest absolute Gasteiger partial charge is 0.492 e. The van der Waals surface area contributed by atoms with E-state index in [2.05, 4.69) is 4.98 Å². The average molecular weight is 336 g/mol. The molecule has 0 saturated carbocycles. The lowest BCUT2D eigenvalue weighted by Gasteiger charge is -2.08. The second kappa shape index (κ2) is 6.14. The van der Waals surface area contributed by atoms with Crippen LogP contribution in [-0.2, 0) is 5.75 Å². The fraction of sp³-hybridized carbons (Fsp3) is 0.0625. The summed E-state index contributed by atoms with van der Waals surface area (Å²) in [4.78, 5) is 4.19. The van der Waals surface area contributed by atoms with Gasteiger partial charge in [-0.25, -0.2) is 4.98 Å². The van der Waals surface area contributed by atoms with E-state index in [0.29, 0.717) is 5.02 Å². The summed E-state index contributed by atoms with van der Waals surface area (Å²) >= 11 is 13.5. The van der Waals surface area contributed by atoms with E-state index in [4.69, 9.17) is 23.2 Å². The van der Waals surface area contributed by atoms with Gasteiger partial charge in [0.25, 0.3) is 0 Å². The van der Waals surface area contributed by atoms with Gasteiger partial charge in [0.2, 0.25) is 5.88 Å². The smallest absolute Gasteiger partial charge is 0.231 e. The highest BCUT2D eigenvalue weighted by Crippen LogP contribution is 2.36. The van der Waals surface area contributed by atoms with Crippen LogP contribution in [0.3, 0.4) is 0 Å². The summed E-state index contributed by atoms with van der Waals surface area (Å²) < 4.78 is 0. The first-order chi connectivity index (χ1) is 10.1. The van der Waals surface area contributed by atoms with Gasteiger partial charge in [-0.3, -0.25) is 0 Å².